The lowest BCUT2D eigenvalue weighted by Gasteiger charge is -2.44. The molecule has 0 fully saturated rings. The van der Waals surface area contributed by atoms with Gasteiger partial charge in [0.05, 0.1) is 6.61 Å². The Kier molecular flexibility index (Phi) is 9.12. The van der Waals surface area contributed by atoms with Gasteiger partial charge in [0.15, 0.2) is 0 Å². The quantitative estimate of drug-likeness (QED) is 0.350. The molecule has 1 N–H and O–H groups in total. The zero-order chi connectivity index (χ0) is 19.7. The summed E-state index contributed by atoms with van der Waals surface area (Å²) < 4.78 is 5.96. The number of carboxylic acid groups (broad SMARTS) is 1. The number of rotatable bonds is 11. The molecule has 1 rings (SSSR count). The average molecular weight is 383 g/mol. The van der Waals surface area contributed by atoms with Gasteiger partial charge in [-0.05, 0) is 12.0 Å². The van der Waals surface area contributed by atoms with Gasteiger partial charge in [0.2, 0.25) is 5.91 Å². The van der Waals surface area contributed by atoms with Gasteiger partial charge in [0.25, 0.3) is 5.72 Å². The van der Waals surface area contributed by atoms with Crippen molar-refractivity contribution in [2.24, 2.45) is 5.92 Å². The van der Waals surface area contributed by atoms with E-state index in [1.165, 1.54) is 10.0 Å². The highest BCUT2D eigenvalue weighted by Gasteiger charge is 2.50. The molecule has 0 aliphatic heterocycles. The van der Waals surface area contributed by atoms with E-state index >= 15 is 0 Å². The van der Waals surface area contributed by atoms with Gasteiger partial charge in [-0.2, -0.15) is 12.6 Å². The highest BCUT2D eigenvalue weighted by Crippen LogP contribution is 2.29. The Bertz CT molecular complexity index is 582. The maximum Gasteiger partial charge on any atom is 0.359 e. The number of hydrogen-bond donors (Lipinski definition) is 2. The molecule has 0 aromatic heterocycles. The lowest BCUT2D eigenvalue weighted by molar-refractivity contribution is -0.241. The van der Waals surface area contributed by atoms with Crippen LogP contribution in [0.1, 0.15) is 38.7 Å². The highest BCUT2D eigenvalue weighted by molar-refractivity contribution is 7.80. The summed E-state index contributed by atoms with van der Waals surface area (Å²) in [7, 11) is 3.30. The molecule has 0 radical (unpaired) electrons. The largest absolute Gasteiger partial charge is 0.478 e. The fraction of sp³-hybridized carbons (Fsp3) is 0.579. The van der Waals surface area contributed by atoms with E-state index in [4.69, 9.17) is 4.74 Å². The van der Waals surface area contributed by atoms with Crippen LogP contribution in [0.3, 0.4) is 0 Å². The summed E-state index contributed by atoms with van der Waals surface area (Å²) in [5.74, 6) is -1.60. The number of unbranched alkanes of at least 4 members (excludes halogenated alkanes) is 1. The average Bonchev–Trinajstić information content (AvgIpc) is 2.63. The highest BCUT2D eigenvalue weighted by atomic mass is 32.1. The van der Waals surface area contributed by atoms with Crippen molar-refractivity contribution in [2.75, 3.05) is 19.8 Å². The first-order valence-corrected chi connectivity index (χ1v) is 9.46. The SMILES string of the molecule is CCCCC(OCc1ccccc1)(C(=O)O)N(C(=O)[C@H](C)CS)N(C)C. The maximum absolute atomic E-state index is 12.9. The van der Waals surface area contributed by atoms with Crippen molar-refractivity contribution in [1.29, 1.82) is 0 Å². The van der Waals surface area contributed by atoms with Gasteiger partial charge >= 0.3 is 5.97 Å². The Balaban J connectivity index is 3.28. The first-order chi connectivity index (χ1) is 12.3. The van der Waals surface area contributed by atoms with E-state index in [-0.39, 0.29) is 18.9 Å². The zero-order valence-electron chi connectivity index (χ0n) is 16.0. The summed E-state index contributed by atoms with van der Waals surface area (Å²) in [5.41, 5.74) is -0.910. The maximum atomic E-state index is 12.9. The number of ether oxygens (including phenoxy) is 1. The molecule has 26 heavy (non-hydrogen) atoms. The number of aliphatic carboxylic acids is 1. The van der Waals surface area contributed by atoms with E-state index in [1.807, 2.05) is 37.3 Å². The van der Waals surface area contributed by atoms with Crippen molar-refractivity contribution in [3.05, 3.63) is 35.9 Å². The van der Waals surface area contributed by atoms with Crippen LogP contribution in [-0.4, -0.2) is 52.6 Å². The number of hydrogen-bond acceptors (Lipinski definition) is 5. The number of thiol groups is 1. The molecule has 0 bridgehead atoms. The Hall–Kier alpha value is -1.57. The number of amides is 1. The van der Waals surface area contributed by atoms with E-state index in [1.54, 1.807) is 21.0 Å². The van der Waals surface area contributed by atoms with Crippen LogP contribution < -0.4 is 0 Å². The predicted molar refractivity (Wildman–Crippen MR) is 105 cm³/mol. The number of hydrazine groups is 1. The monoisotopic (exact) mass is 382 g/mol. The van der Waals surface area contributed by atoms with Crippen molar-refractivity contribution in [3.63, 3.8) is 0 Å². The molecule has 0 heterocycles. The van der Waals surface area contributed by atoms with Crippen molar-refractivity contribution < 1.29 is 19.4 Å². The molecule has 1 unspecified atom stereocenters. The van der Waals surface area contributed by atoms with E-state index in [0.717, 1.165) is 12.0 Å². The molecule has 0 spiro atoms. The normalized spacial score (nSPS) is 14.7. The number of nitrogens with zero attached hydrogens (tertiary/aromatic N) is 2. The van der Waals surface area contributed by atoms with E-state index in [0.29, 0.717) is 12.2 Å². The Labute approximate surface area is 161 Å². The minimum Gasteiger partial charge on any atom is -0.478 e. The van der Waals surface area contributed by atoms with Crippen LogP contribution in [0.15, 0.2) is 30.3 Å². The summed E-state index contributed by atoms with van der Waals surface area (Å²) in [4.78, 5) is 25.3. The third-order valence-electron chi connectivity index (χ3n) is 4.17. The molecule has 0 saturated carbocycles. The van der Waals surface area contributed by atoms with Crippen LogP contribution in [-0.2, 0) is 20.9 Å². The van der Waals surface area contributed by atoms with Gasteiger partial charge in [0.1, 0.15) is 0 Å². The van der Waals surface area contributed by atoms with Gasteiger partial charge < -0.3 is 9.84 Å². The molecule has 2 atom stereocenters. The van der Waals surface area contributed by atoms with Gasteiger partial charge in [-0.25, -0.2) is 14.8 Å². The molecule has 0 aliphatic carbocycles. The third-order valence-corrected chi connectivity index (χ3v) is 4.72. The van der Waals surface area contributed by atoms with E-state index in [2.05, 4.69) is 12.6 Å². The number of carbonyl (C=O) groups is 2. The molecule has 6 nitrogen and oxygen atoms in total. The number of benzene rings is 1. The van der Waals surface area contributed by atoms with Gasteiger partial charge in [-0.1, -0.05) is 50.6 Å². The second-order valence-electron chi connectivity index (χ2n) is 6.55. The lowest BCUT2D eigenvalue weighted by Crippen LogP contribution is -2.64. The lowest BCUT2D eigenvalue weighted by atomic mass is 10.0. The summed E-state index contributed by atoms with van der Waals surface area (Å²) in [5, 5.41) is 12.8. The van der Waals surface area contributed by atoms with E-state index in [9.17, 15) is 14.7 Å². The van der Waals surface area contributed by atoms with Crippen molar-refractivity contribution in [3.8, 4) is 0 Å². The molecule has 0 saturated heterocycles. The second kappa shape index (κ2) is 10.5. The molecule has 1 amide bonds. The summed E-state index contributed by atoms with van der Waals surface area (Å²) in [6.45, 7) is 3.81. The molecular formula is C19H30N2O4S. The third kappa shape index (κ3) is 5.46. The standard InChI is InChI=1S/C19H30N2O4S/c1-5-6-12-19(18(23)24,25-13-16-10-8-7-9-11-16)21(20(3)4)17(22)15(2)14-26/h7-11,15,26H,5-6,12-14H2,1-4H3,(H,23,24)/t15-,19?/m1/s1. The zero-order valence-corrected chi connectivity index (χ0v) is 16.9. The van der Waals surface area contributed by atoms with Crippen molar-refractivity contribution >= 4 is 24.5 Å². The fourth-order valence-electron chi connectivity index (χ4n) is 2.68. The Morgan fingerprint density at radius 2 is 1.88 bits per heavy atom. The van der Waals surface area contributed by atoms with Gasteiger partial charge in [-0.15, -0.1) is 0 Å². The first kappa shape index (κ1) is 22.5. The van der Waals surface area contributed by atoms with Crippen LogP contribution in [0.4, 0.5) is 0 Å². The minimum absolute atomic E-state index is 0.101. The topological polar surface area (TPSA) is 70.1 Å². The van der Waals surface area contributed by atoms with Crippen LogP contribution in [0.2, 0.25) is 0 Å². The van der Waals surface area contributed by atoms with Crippen molar-refractivity contribution in [2.45, 2.75) is 45.4 Å². The van der Waals surface area contributed by atoms with Crippen LogP contribution in [0.25, 0.3) is 0 Å². The van der Waals surface area contributed by atoms with Gasteiger partial charge in [-0.3, -0.25) is 4.79 Å². The number of carbonyl (C=O) groups excluding carboxylic acids is 1. The Morgan fingerprint density at radius 3 is 2.35 bits per heavy atom. The van der Waals surface area contributed by atoms with Crippen molar-refractivity contribution in [1.82, 2.24) is 10.0 Å². The van der Waals surface area contributed by atoms with E-state index < -0.39 is 17.6 Å². The first-order valence-electron chi connectivity index (χ1n) is 8.83. The van der Waals surface area contributed by atoms with Crippen LogP contribution >= 0.6 is 12.6 Å². The van der Waals surface area contributed by atoms with Crippen LogP contribution in [0, 0.1) is 5.92 Å². The minimum atomic E-state index is -1.76. The summed E-state index contributed by atoms with van der Waals surface area (Å²) in [6, 6.07) is 9.35. The summed E-state index contributed by atoms with van der Waals surface area (Å²) in [6.07, 6.45) is 1.62. The second-order valence-corrected chi connectivity index (χ2v) is 6.91. The van der Waals surface area contributed by atoms with Gasteiger partial charge in [0, 0.05) is 32.2 Å². The molecule has 1 aromatic rings. The molecule has 7 heteroatoms. The molecule has 1 aromatic carbocycles. The fourth-order valence-corrected chi connectivity index (χ4v) is 2.83. The predicted octanol–water partition coefficient (Wildman–Crippen LogP) is 3.05. The molecule has 146 valence electrons. The smallest absolute Gasteiger partial charge is 0.359 e. The Morgan fingerprint density at radius 1 is 1.27 bits per heavy atom. The summed E-state index contributed by atoms with van der Waals surface area (Å²) >= 11 is 4.19. The molecule has 0 aliphatic rings. The number of carboxylic acids is 1. The van der Waals surface area contributed by atoms with Crippen LogP contribution in [0.5, 0.6) is 0 Å². The molecular weight excluding hydrogens is 352 g/mol.